The van der Waals surface area contributed by atoms with Crippen LogP contribution in [0.5, 0.6) is 0 Å². The fraction of sp³-hybridized carbons (Fsp3) is 0.818. The lowest BCUT2D eigenvalue weighted by molar-refractivity contribution is -0.146. The highest BCUT2D eigenvalue weighted by Crippen LogP contribution is 2.13. The SMILES string of the molecule is CC(C)C[C@H](CN)CC(=O)NCC(O)C(=O)O. The second kappa shape index (κ2) is 8.03. The molecule has 6 nitrogen and oxygen atoms in total. The van der Waals surface area contributed by atoms with Crippen LogP contribution in [0.25, 0.3) is 0 Å². The van der Waals surface area contributed by atoms with Gasteiger partial charge in [0, 0.05) is 6.42 Å². The molecule has 1 unspecified atom stereocenters. The lowest BCUT2D eigenvalue weighted by Crippen LogP contribution is -2.37. The number of aliphatic hydroxyl groups is 1. The molecule has 0 aliphatic carbocycles. The Morgan fingerprint density at radius 3 is 2.35 bits per heavy atom. The third-order valence-electron chi connectivity index (χ3n) is 2.39. The molecule has 0 spiro atoms. The van der Waals surface area contributed by atoms with E-state index in [0.717, 1.165) is 6.42 Å². The van der Waals surface area contributed by atoms with E-state index in [9.17, 15) is 9.59 Å². The molecule has 0 radical (unpaired) electrons. The van der Waals surface area contributed by atoms with E-state index in [1.54, 1.807) is 0 Å². The summed E-state index contributed by atoms with van der Waals surface area (Å²) in [5.41, 5.74) is 5.55. The van der Waals surface area contributed by atoms with Crippen molar-refractivity contribution in [2.75, 3.05) is 13.1 Å². The van der Waals surface area contributed by atoms with Gasteiger partial charge in [0.05, 0.1) is 6.54 Å². The summed E-state index contributed by atoms with van der Waals surface area (Å²) in [6.45, 7) is 4.25. The van der Waals surface area contributed by atoms with Gasteiger partial charge in [-0.3, -0.25) is 4.79 Å². The summed E-state index contributed by atoms with van der Waals surface area (Å²) in [5.74, 6) is -1.07. The minimum absolute atomic E-state index is 0.0944. The summed E-state index contributed by atoms with van der Waals surface area (Å²) in [6.07, 6.45) is -0.438. The highest BCUT2D eigenvalue weighted by molar-refractivity contribution is 5.78. The average molecular weight is 246 g/mol. The lowest BCUT2D eigenvalue weighted by Gasteiger charge is -2.16. The topological polar surface area (TPSA) is 113 Å². The minimum Gasteiger partial charge on any atom is -0.479 e. The normalized spacial score (nSPS) is 14.4. The first-order valence-corrected chi connectivity index (χ1v) is 5.74. The molecule has 100 valence electrons. The minimum atomic E-state index is -1.56. The Labute approximate surface area is 101 Å². The van der Waals surface area contributed by atoms with Gasteiger partial charge in [0.15, 0.2) is 6.10 Å². The highest BCUT2D eigenvalue weighted by atomic mass is 16.4. The number of carbonyl (C=O) groups is 2. The van der Waals surface area contributed by atoms with Crippen molar-refractivity contribution >= 4 is 11.9 Å². The van der Waals surface area contributed by atoms with Gasteiger partial charge in [-0.15, -0.1) is 0 Å². The van der Waals surface area contributed by atoms with Crippen LogP contribution in [-0.4, -0.2) is 41.3 Å². The van der Waals surface area contributed by atoms with Crippen LogP contribution in [0.4, 0.5) is 0 Å². The highest BCUT2D eigenvalue weighted by Gasteiger charge is 2.17. The molecule has 0 aliphatic rings. The quantitative estimate of drug-likeness (QED) is 0.464. The molecular weight excluding hydrogens is 224 g/mol. The number of amides is 1. The van der Waals surface area contributed by atoms with E-state index in [-0.39, 0.29) is 24.8 Å². The molecule has 17 heavy (non-hydrogen) atoms. The molecule has 0 saturated carbocycles. The number of carbonyl (C=O) groups excluding carboxylic acids is 1. The fourth-order valence-corrected chi connectivity index (χ4v) is 1.56. The molecule has 1 amide bonds. The van der Waals surface area contributed by atoms with Crippen LogP contribution in [-0.2, 0) is 9.59 Å². The molecule has 0 fully saturated rings. The third kappa shape index (κ3) is 7.70. The smallest absolute Gasteiger partial charge is 0.334 e. The summed E-state index contributed by atoms with van der Waals surface area (Å²) in [5, 5.41) is 19.8. The van der Waals surface area contributed by atoms with Crippen LogP contribution >= 0.6 is 0 Å². The molecule has 0 aromatic carbocycles. The van der Waals surface area contributed by atoms with Crippen molar-refractivity contribution in [3.05, 3.63) is 0 Å². The molecule has 0 saturated heterocycles. The van der Waals surface area contributed by atoms with Crippen molar-refractivity contribution in [2.45, 2.75) is 32.8 Å². The number of aliphatic carboxylic acids is 1. The number of carboxylic acids is 1. The molecule has 0 aromatic heterocycles. The summed E-state index contributed by atoms with van der Waals surface area (Å²) >= 11 is 0. The van der Waals surface area contributed by atoms with E-state index in [1.165, 1.54) is 0 Å². The maximum Gasteiger partial charge on any atom is 0.334 e. The first kappa shape index (κ1) is 15.9. The van der Waals surface area contributed by atoms with Crippen LogP contribution in [0.2, 0.25) is 0 Å². The molecule has 0 aliphatic heterocycles. The number of nitrogens with one attached hydrogen (secondary N) is 1. The number of hydrogen-bond donors (Lipinski definition) is 4. The molecule has 5 N–H and O–H groups in total. The van der Waals surface area contributed by atoms with Gasteiger partial charge in [-0.2, -0.15) is 0 Å². The van der Waals surface area contributed by atoms with E-state index in [2.05, 4.69) is 19.2 Å². The Kier molecular flexibility index (Phi) is 7.49. The zero-order valence-corrected chi connectivity index (χ0v) is 10.3. The Hall–Kier alpha value is -1.14. The van der Waals surface area contributed by atoms with Gasteiger partial charge in [0.2, 0.25) is 5.91 Å². The Morgan fingerprint density at radius 2 is 1.94 bits per heavy atom. The molecule has 6 heteroatoms. The van der Waals surface area contributed by atoms with Crippen molar-refractivity contribution in [3.63, 3.8) is 0 Å². The summed E-state index contributed by atoms with van der Waals surface area (Å²) in [7, 11) is 0. The van der Waals surface area contributed by atoms with Crippen LogP contribution in [0.1, 0.15) is 26.7 Å². The van der Waals surface area contributed by atoms with Crippen LogP contribution in [0, 0.1) is 11.8 Å². The standard InChI is InChI=1S/C11H22N2O4/c1-7(2)3-8(5-12)4-10(15)13-6-9(14)11(16)17/h7-9,14H,3-6,12H2,1-2H3,(H,13,15)(H,16,17)/t8-,9?/m0/s1. The maximum atomic E-state index is 11.5. The zero-order chi connectivity index (χ0) is 13.4. The molecular formula is C11H22N2O4. The van der Waals surface area contributed by atoms with Gasteiger partial charge in [-0.1, -0.05) is 13.8 Å². The predicted molar refractivity (Wildman–Crippen MR) is 63.3 cm³/mol. The number of nitrogens with two attached hydrogens (primary N) is 1. The molecule has 2 atom stereocenters. The van der Waals surface area contributed by atoms with Gasteiger partial charge >= 0.3 is 5.97 Å². The van der Waals surface area contributed by atoms with Crippen molar-refractivity contribution in [1.82, 2.24) is 5.32 Å². The van der Waals surface area contributed by atoms with Crippen LogP contribution < -0.4 is 11.1 Å². The van der Waals surface area contributed by atoms with E-state index >= 15 is 0 Å². The van der Waals surface area contributed by atoms with Gasteiger partial charge in [0.25, 0.3) is 0 Å². The largest absolute Gasteiger partial charge is 0.479 e. The monoisotopic (exact) mass is 246 g/mol. The maximum absolute atomic E-state index is 11.5. The van der Waals surface area contributed by atoms with E-state index in [4.69, 9.17) is 15.9 Å². The van der Waals surface area contributed by atoms with Crippen molar-refractivity contribution in [2.24, 2.45) is 17.6 Å². The fourth-order valence-electron chi connectivity index (χ4n) is 1.56. The van der Waals surface area contributed by atoms with Gasteiger partial charge in [-0.25, -0.2) is 4.79 Å². The Bertz CT molecular complexity index is 256. The summed E-state index contributed by atoms with van der Waals surface area (Å²) < 4.78 is 0. The molecule has 0 rings (SSSR count). The Morgan fingerprint density at radius 1 is 1.35 bits per heavy atom. The number of carboxylic acid groups (broad SMARTS) is 1. The van der Waals surface area contributed by atoms with E-state index in [0.29, 0.717) is 12.5 Å². The van der Waals surface area contributed by atoms with Crippen LogP contribution in [0.15, 0.2) is 0 Å². The van der Waals surface area contributed by atoms with Gasteiger partial charge in [-0.05, 0) is 24.8 Å². The second-order valence-electron chi connectivity index (χ2n) is 4.59. The first-order chi connectivity index (χ1) is 7.86. The average Bonchev–Trinajstić information content (AvgIpc) is 2.23. The predicted octanol–water partition coefficient (Wildman–Crippen LogP) is -0.441. The van der Waals surface area contributed by atoms with Crippen molar-refractivity contribution in [3.8, 4) is 0 Å². The Balaban J connectivity index is 3.94. The number of hydrogen-bond acceptors (Lipinski definition) is 4. The van der Waals surface area contributed by atoms with Crippen molar-refractivity contribution < 1.29 is 19.8 Å². The van der Waals surface area contributed by atoms with Gasteiger partial charge in [0.1, 0.15) is 0 Å². The number of rotatable bonds is 8. The van der Waals surface area contributed by atoms with Crippen LogP contribution in [0.3, 0.4) is 0 Å². The lowest BCUT2D eigenvalue weighted by atomic mass is 9.94. The van der Waals surface area contributed by atoms with Crippen molar-refractivity contribution in [1.29, 1.82) is 0 Å². The second-order valence-corrected chi connectivity index (χ2v) is 4.59. The molecule has 0 aromatic rings. The molecule has 0 bridgehead atoms. The zero-order valence-electron chi connectivity index (χ0n) is 10.3. The summed E-state index contributed by atoms with van der Waals surface area (Å²) in [6, 6.07) is 0. The van der Waals surface area contributed by atoms with E-state index in [1.807, 2.05) is 0 Å². The van der Waals surface area contributed by atoms with E-state index < -0.39 is 12.1 Å². The number of aliphatic hydroxyl groups excluding tert-OH is 1. The summed E-state index contributed by atoms with van der Waals surface area (Å²) in [4.78, 5) is 21.8. The molecule has 0 heterocycles. The first-order valence-electron chi connectivity index (χ1n) is 5.74. The third-order valence-corrected chi connectivity index (χ3v) is 2.39. The van der Waals surface area contributed by atoms with Gasteiger partial charge < -0.3 is 21.3 Å².